The van der Waals surface area contributed by atoms with Crippen molar-refractivity contribution in [3.8, 4) is 33.4 Å². The third-order valence-electron chi connectivity index (χ3n) is 11.1. The van der Waals surface area contributed by atoms with Gasteiger partial charge in [-0.15, -0.1) is 0 Å². The molecule has 278 valence electrons. The van der Waals surface area contributed by atoms with Crippen molar-refractivity contribution >= 4 is 46.2 Å². The molecule has 6 heterocycles. The van der Waals surface area contributed by atoms with Crippen LogP contribution in [0.25, 0.3) is 44.4 Å². The van der Waals surface area contributed by atoms with Crippen LogP contribution in [0.15, 0.2) is 82.9 Å². The number of hydrogen-bond donors (Lipinski definition) is 2. The maximum atomic E-state index is 13.5. The van der Waals surface area contributed by atoms with Crippen LogP contribution in [0.3, 0.4) is 0 Å². The van der Waals surface area contributed by atoms with Crippen LogP contribution in [0.5, 0.6) is 0 Å². The van der Waals surface area contributed by atoms with Crippen LogP contribution in [-0.2, 0) is 36.8 Å². The van der Waals surface area contributed by atoms with Crippen molar-refractivity contribution in [2.45, 2.75) is 25.9 Å². The van der Waals surface area contributed by atoms with E-state index in [1.54, 1.807) is 32.0 Å². The summed E-state index contributed by atoms with van der Waals surface area (Å²) in [6.45, 7) is 3.13. The van der Waals surface area contributed by atoms with Gasteiger partial charge in [0.25, 0.3) is 11.1 Å². The standard InChI is InChI=1S/C40H38Cl2N6O6/c1-43-27(19-45-11-9-23(15-45)39(51)52)21-47-17-25(13-33(47)37(43)49)29-5-3-7-31(35(29)41)32-8-4-6-30(36(32)42)26-14-34-38(50)44(2)28(22-48(34)18-26)20-46-12-10-24(16-46)40(53)54/h3-8,13-14,17-18,21-24H,9-12,15-16,19-20H2,1-2H3,(H,51,52)(H,53,54). The second-order valence-electron chi connectivity index (χ2n) is 14.5. The zero-order chi connectivity index (χ0) is 38.0. The molecule has 0 amide bonds. The van der Waals surface area contributed by atoms with E-state index in [1.807, 2.05) is 73.3 Å². The Morgan fingerprint density at radius 3 is 1.41 bits per heavy atom. The van der Waals surface area contributed by atoms with Gasteiger partial charge in [-0.2, -0.15) is 0 Å². The molecule has 8 rings (SSSR count). The Bertz CT molecular complexity index is 2440. The molecule has 14 heteroatoms. The molecule has 0 bridgehead atoms. The van der Waals surface area contributed by atoms with E-state index in [2.05, 4.69) is 9.80 Å². The Morgan fingerprint density at radius 2 is 1.04 bits per heavy atom. The van der Waals surface area contributed by atoms with E-state index >= 15 is 0 Å². The average Bonchev–Trinajstić information content (AvgIpc) is 3.97. The molecule has 2 unspecified atom stereocenters. The summed E-state index contributed by atoms with van der Waals surface area (Å²) in [7, 11) is 3.46. The predicted molar refractivity (Wildman–Crippen MR) is 207 cm³/mol. The highest BCUT2D eigenvalue weighted by Crippen LogP contribution is 2.43. The molecule has 2 saturated heterocycles. The molecule has 12 nitrogen and oxygen atoms in total. The SMILES string of the molecule is Cn1c(CN2CCC(C(=O)O)C2)cn2cc(-c3cccc(-c4cccc(-c5cc6c(=O)n(C)c(CN7CCC(C(=O)O)C7)cn6c5)c4Cl)c3Cl)cc2c1=O. The van der Waals surface area contributed by atoms with Crippen LogP contribution in [0.1, 0.15) is 24.2 Å². The number of carbonyl (C=O) groups is 2. The summed E-state index contributed by atoms with van der Waals surface area (Å²) in [5.74, 6) is -2.39. The summed E-state index contributed by atoms with van der Waals surface area (Å²) < 4.78 is 6.84. The fourth-order valence-corrected chi connectivity index (χ4v) is 8.62. The number of benzene rings is 2. The topological polar surface area (TPSA) is 134 Å². The van der Waals surface area contributed by atoms with Crippen LogP contribution >= 0.6 is 23.2 Å². The number of rotatable bonds is 9. The van der Waals surface area contributed by atoms with Crippen LogP contribution < -0.4 is 11.1 Å². The number of aromatic nitrogens is 4. The summed E-state index contributed by atoms with van der Waals surface area (Å²) >= 11 is 14.3. The molecular formula is C40H38Cl2N6O6. The van der Waals surface area contributed by atoms with E-state index in [9.17, 15) is 29.4 Å². The second-order valence-corrected chi connectivity index (χ2v) is 15.2. The number of aliphatic carboxylic acids is 2. The summed E-state index contributed by atoms with van der Waals surface area (Å²) in [4.78, 5) is 54.1. The smallest absolute Gasteiger partial charge is 0.307 e. The highest BCUT2D eigenvalue weighted by atomic mass is 35.5. The third kappa shape index (κ3) is 6.32. The molecule has 2 N–H and O–H groups in total. The van der Waals surface area contributed by atoms with Crippen molar-refractivity contribution in [2.24, 2.45) is 25.9 Å². The van der Waals surface area contributed by atoms with Gasteiger partial charge in [0.15, 0.2) is 0 Å². The molecule has 6 aromatic rings. The Hall–Kier alpha value is -5.14. The molecule has 4 aromatic heterocycles. The summed E-state index contributed by atoms with van der Waals surface area (Å²) in [5.41, 5.74) is 6.58. The van der Waals surface area contributed by atoms with Crippen LogP contribution in [-0.4, -0.2) is 76.1 Å². The monoisotopic (exact) mass is 768 g/mol. The number of carboxylic acid groups (broad SMARTS) is 2. The van der Waals surface area contributed by atoms with Crippen molar-refractivity contribution in [1.82, 2.24) is 27.7 Å². The molecule has 0 saturated carbocycles. The van der Waals surface area contributed by atoms with Crippen molar-refractivity contribution < 1.29 is 19.8 Å². The summed E-state index contributed by atoms with van der Waals surface area (Å²) in [6.07, 6.45) is 8.74. The molecular weight excluding hydrogens is 731 g/mol. The summed E-state index contributed by atoms with van der Waals surface area (Å²) in [6, 6.07) is 15.0. The first kappa shape index (κ1) is 35.9. The first-order valence-electron chi connectivity index (χ1n) is 17.8. The van der Waals surface area contributed by atoms with Gasteiger partial charge in [0.2, 0.25) is 0 Å². The Balaban J connectivity index is 1.10. The molecule has 0 radical (unpaired) electrons. The Morgan fingerprint density at radius 1 is 0.648 bits per heavy atom. The zero-order valence-corrected chi connectivity index (χ0v) is 31.2. The van der Waals surface area contributed by atoms with Gasteiger partial charge >= 0.3 is 11.9 Å². The molecule has 54 heavy (non-hydrogen) atoms. The fraction of sp³-hybridized carbons (Fsp3) is 0.300. The van der Waals surface area contributed by atoms with Crippen LogP contribution in [0, 0.1) is 11.8 Å². The zero-order valence-electron chi connectivity index (χ0n) is 29.7. The van der Waals surface area contributed by atoms with Gasteiger partial charge in [0.05, 0.1) is 33.3 Å². The number of halogens is 2. The minimum atomic E-state index is -0.794. The lowest BCUT2D eigenvalue weighted by molar-refractivity contribution is -0.142. The van der Waals surface area contributed by atoms with Gasteiger partial charge in [-0.05, 0) is 38.1 Å². The van der Waals surface area contributed by atoms with E-state index in [1.165, 1.54) is 0 Å². The van der Waals surface area contributed by atoms with Crippen LogP contribution in [0.2, 0.25) is 10.0 Å². The fourth-order valence-electron chi connectivity index (χ4n) is 7.94. The molecule has 0 aliphatic carbocycles. The molecule has 2 fully saturated rings. The summed E-state index contributed by atoms with van der Waals surface area (Å²) in [5, 5.41) is 19.8. The predicted octanol–water partition coefficient (Wildman–Crippen LogP) is 5.71. The first-order valence-corrected chi connectivity index (χ1v) is 18.5. The number of likely N-dealkylation sites (tertiary alicyclic amines) is 2. The number of carboxylic acids is 2. The van der Waals surface area contributed by atoms with E-state index in [4.69, 9.17) is 23.2 Å². The highest BCUT2D eigenvalue weighted by Gasteiger charge is 2.30. The van der Waals surface area contributed by atoms with E-state index in [-0.39, 0.29) is 11.1 Å². The molecule has 2 aliphatic heterocycles. The minimum absolute atomic E-state index is 0.166. The molecule has 2 atom stereocenters. The lowest BCUT2D eigenvalue weighted by atomic mass is 9.97. The molecule has 0 spiro atoms. The largest absolute Gasteiger partial charge is 0.481 e. The first-order chi connectivity index (χ1) is 25.9. The molecule has 2 aromatic carbocycles. The van der Waals surface area contributed by atoms with E-state index in [0.717, 1.165) is 33.6 Å². The maximum absolute atomic E-state index is 13.5. The maximum Gasteiger partial charge on any atom is 0.307 e. The quantitative estimate of drug-likeness (QED) is 0.191. The Labute approximate surface area is 319 Å². The lowest BCUT2D eigenvalue weighted by Crippen LogP contribution is -2.28. The van der Waals surface area contributed by atoms with Crippen molar-refractivity contribution in [3.05, 3.63) is 115 Å². The van der Waals surface area contributed by atoms with Gasteiger partial charge in [-0.1, -0.05) is 59.6 Å². The van der Waals surface area contributed by atoms with Gasteiger partial charge < -0.3 is 28.1 Å². The normalized spacial score (nSPS) is 18.0. The minimum Gasteiger partial charge on any atom is -0.481 e. The van der Waals surface area contributed by atoms with Gasteiger partial charge in [0.1, 0.15) is 11.0 Å². The van der Waals surface area contributed by atoms with E-state index in [0.29, 0.717) is 84.3 Å². The van der Waals surface area contributed by atoms with E-state index < -0.39 is 23.8 Å². The van der Waals surface area contributed by atoms with Crippen molar-refractivity contribution in [2.75, 3.05) is 26.2 Å². The van der Waals surface area contributed by atoms with Gasteiger partial charge in [-0.25, -0.2) is 0 Å². The van der Waals surface area contributed by atoms with Crippen molar-refractivity contribution in [1.29, 1.82) is 0 Å². The van der Waals surface area contributed by atoms with Gasteiger partial charge in [0, 0.05) is 98.4 Å². The third-order valence-corrected chi connectivity index (χ3v) is 11.9. The number of fused-ring (bicyclic) bond motifs is 2. The Kier molecular flexibility index (Phi) is 9.25. The average molecular weight is 770 g/mol. The number of nitrogens with zero attached hydrogens (tertiary/aromatic N) is 6. The lowest BCUT2D eigenvalue weighted by Gasteiger charge is -2.17. The highest BCUT2D eigenvalue weighted by molar-refractivity contribution is 6.39. The number of hydrogen-bond acceptors (Lipinski definition) is 6. The van der Waals surface area contributed by atoms with Crippen molar-refractivity contribution in [3.63, 3.8) is 0 Å². The second kappa shape index (κ2) is 13.9. The van der Waals surface area contributed by atoms with Crippen LogP contribution in [0.4, 0.5) is 0 Å². The van der Waals surface area contributed by atoms with Gasteiger partial charge in [-0.3, -0.25) is 29.0 Å². The molecule has 2 aliphatic rings.